The van der Waals surface area contributed by atoms with E-state index in [0.29, 0.717) is 0 Å². The van der Waals surface area contributed by atoms with Gasteiger partial charge in [-0.05, 0) is 156 Å². The highest BCUT2D eigenvalue weighted by Gasteiger charge is 2.47. The van der Waals surface area contributed by atoms with E-state index < -0.39 is 0 Å². The molecule has 1 aliphatic carbocycles. The van der Waals surface area contributed by atoms with Gasteiger partial charge in [0.1, 0.15) is 0 Å². The van der Waals surface area contributed by atoms with Crippen LogP contribution < -0.4 is 26.2 Å². The van der Waals surface area contributed by atoms with Gasteiger partial charge in [-0.1, -0.05) is 187 Å². The number of rotatable bonds is 4. The Bertz CT molecular complexity index is 3040. The fourth-order valence-corrected chi connectivity index (χ4v) is 11.2. The highest BCUT2D eigenvalue weighted by atomic mass is 15.2. The molecular formula is C63H69BN2. The molecule has 7 aromatic rings. The minimum atomic E-state index is -0.124. The number of hydrogen-bond donors (Lipinski definition) is 0. The summed E-state index contributed by atoms with van der Waals surface area (Å²) in [6, 6.07) is 54.3. The first-order valence-electron chi connectivity index (χ1n) is 24.5. The molecule has 0 radical (unpaired) electrons. The van der Waals surface area contributed by atoms with Gasteiger partial charge in [0.2, 0.25) is 0 Å². The predicted molar refractivity (Wildman–Crippen MR) is 287 cm³/mol. The SMILES string of the molecule is Cc1cc(C(C)(C)C)ccc1N1c2cc3c(cc2B2c4cc(-c5ccccc5)ccc4N(c4ccc(C(C)(C)C)cc4-c4ccccc4)c4cc(C(C)(C)C)cc1c42)C(C)(C)CCC3(C)C. The zero-order valence-corrected chi connectivity index (χ0v) is 42.2. The summed E-state index contributed by atoms with van der Waals surface area (Å²) in [5.74, 6) is 0. The standard InChI is InChI=1S/C63H69BN2/c1-40-33-44(59(2,3)4)26-29-52(40)65-55-39-49-48(62(11,12)31-32-63(49,13)14)38-51(55)64-50-34-43(41-21-17-15-18-22-41)25-28-54(50)66(57-37-46(61(8,9)10)36-56(65)58(57)64)53-30-27-45(60(5,6)7)35-47(53)42-23-19-16-20-24-42/h15-30,33-39H,31-32H2,1-14H3. The molecule has 3 aliphatic rings. The molecule has 2 aliphatic heterocycles. The van der Waals surface area contributed by atoms with Crippen molar-refractivity contribution in [2.75, 3.05) is 9.80 Å². The van der Waals surface area contributed by atoms with Gasteiger partial charge in [0, 0.05) is 34.0 Å². The Morgan fingerprint density at radius 3 is 1.45 bits per heavy atom. The van der Waals surface area contributed by atoms with Gasteiger partial charge >= 0.3 is 0 Å². The molecule has 0 spiro atoms. The van der Waals surface area contributed by atoms with Gasteiger partial charge in [0.25, 0.3) is 6.71 Å². The smallest absolute Gasteiger partial charge is 0.252 e. The number of fused-ring (bicyclic) bond motifs is 5. The molecule has 0 amide bonds. The number of nitrogens with zero attached hydrogens (tertiary/aromatic N) is 2. The predicted octanol–water partition coefficient (Wildman–Crippen LogP) is 15.7. The van der Waals surface area contributed by atoms with Crippen LogP contribution >= 0.6 is 0 Å². The Kier molecular flexibility index (Phi) is 10.1. The second-order valence-corrected chi connectivity index (χ2v) is 24.2. The molecule has 0 saturated carbocycles. The minimum absolute atomic E-state index is 0.000465. The van der Waals surface area contributed by atoms with Gasteiger partial charge in [-0.3, -0.25) is 0 Å². The van der Waals surface area contributed by atoms with Crippen LogP contribution in [0.25, 0.3) is 22.3 Å². The summed E-state index contributed by atoms with van der Waals surface area (Å²) in [4.78, 5) is 5.33. The molecule has 7 aromatic carbocycles. The van der Waals surface area contributed by atoms with Gasteiger partial charge in [0.05, 0.1) is 5.69 Å². The third-order valence-corrected chi connectivity index (χ3v) is 15.5. The van der Waals surface area contributed by atoms with E-state index in [4.69, 9.17) is 0 Å². The zero-order valence-electron chi connectivity index (χ0n) is 42.2. The van der Waals surface area contributed by atoms with Crippen LogP contribution in [-0.4, -0.2) is 6.71 Å². The van der Waals surface area contributed by atoms with E-state index in [1.54, 1.807) is 0 Å². The van der Waals surface area contributed by atoms with Gasteiger partial charge in [-0.2, -0.15) is 0 Å². The molecule has 0 aromatic heterocycles. The van der Waals surface area contributed by atoms with Crippen LogP contribution in [0.15, 0.2) is 140 Å². The zero-order chi connectivity index (χ0) is 46.9. The molecule has 0 fully saturated rings. The molecule has 66 heavy (non-hydrogen) atoms. The maximum atomic E-state index is 2.69. The van der Waals surface area contributed by atoms with Crippen molar-refractivity contribution in [1.29, 1.82) is 0 Å². The van der Waals surface area contributed by atoms with Crippen LogP contribution in [-0.2, 0) is 27.1 Å². The van der Waals surface area contributed by atoms with E-state index >= 15 is 0 Å². The summed E-state index contributed by atoms with van der Waals surface area (Å²) in [6.45, 7) is 33.4. The normalized spacial score (nSPS) is 16.1. The minimum Gasteiger partial charge on any atom is -0.311 e. The lowest BCUT2D eigenvalue weighted by molar-refractivity contribution is 0.332. The summed E-state index contributed by atoms with van der Waals surface area (Å²) < 4.78 is 0. The molecule has 2 nitrogen and oxygen atoms in total. The Morgan fingerprint density at radius 2 is 0.894 bits per heavy atom. The van der Waals surface area contributed by atoms with Crippen molar-refractivity contribution in [3.8, 4) is 22.3 Å². The van der Waals surface area contributed by atoms with Crippen LogP contribution in [0.5, 0.6) is 0 Å². The number of aryl methyl sites for hydroxylation is 1. The summed E-state index contributed by atoms with van der Waals surface area (Å²) >= 11 is 0. The van der Waals surface area contributed by atoms with E-state index in [0.717, 1.165) is 0 Å². The molecule has 3 heteroatoms. The van der Waals surface area contributed by atoms with E-state index in [9.17, 15) is 0 Å². The van der Waals surface area contributed by atoms with Crippen LogP contribution in [0.4, 0.5) is 34.1 Å². The lowest BCUT2D eigenvalue weighted by atomic mass is 9.33. The maximum absolute atomic E-state index is 2.69. The Balaban J connectivity index is 1.37. The van der Waals surface area contributed by atoms with Crippen molar-refractivity contribution in [2.24, 2.45) is 0 Å². The molecule has 0 bridgehead atoms. The number of anilines is 6. The van der Waals surface area contributed by atoms with Crippen molar-refractivity contribution < 1.29 is 0 Å². The van der Waals surface area contributed by atoms with Crippen LogP contribution in [0, 0.1) is 6.92 Å². The lowest BCUT2D eigenvalue weighted by Gasteiger charge is -2.48. The molecule has 10 rings (SSSR count). The van der Waals surface area contributed by atoms with Crippen molar-refractivity contribution in [1.82, 2.24) is 0 Å². The topological polar surface area (TPSA) is 6.48 Å². The summed E-state index contributed by atoms with van der Waals surface area (Å²) in [7, 11) is 0. The average Bonchev–Trinajstić information content (AvgIpc) is 3.27. The molecule has 0 saturated heterocycles. The first kappa shape index (κ1) is 44.1. The highest BCUT2D eigenvalue weighted by Crippen LogP contribution is 2.52. The highest BCUT2D eigenvalue weighted by molar-refractivity contribution is 7.00. The maximum Gasteiger partial charge on any atom is 0.252 e. The second kappa shape index (κ2) is 15.1. The van der Waals surface area contributed by atoms with Crippen molar-refractivity contribution >= 4 is 57.2 Å². The molecular weight excluding hydrogens is 796 g/mol. The van der Waals surface area contributed by atoms with E-state index in [1.165, 1.54) is 119 Å². The van der Waals surface area contributed by atoms with Gasteiger partial charge < -0.3 is 9.80 Å². The fraction of sp³-hybridized carbons (Fsp3) is 0.333. The van der Waals surface area contributed by atoms with Gasteiger partial charge in [0.15, 0.2) is 0 Å². The van der Waals surface area contributed by atoms with E-state index in [-0.39, 0.29) is 33.8 Å². The Morgan fingerprint density at radius 1 is 0.409 bits per heavy atom. The third kappa shape index (κ3) is 7.24. The van der Waals surface area contributed by atoms with Crippen molar-refractivity contribution in [2.45, 2.75) is 137 Å². The quantitative estimate of drug-likeness (QED) is 0.163. The number of hydrogen-bond acceptors (Lipinski definition) is 2. The van der Waals surface area contributed by atoms with E-state index in [2.05, 4.69) is 246 Å². The third-order valence-electron chi connectivity index (χ3n) is 15.5. The van der Waals surface area contributed by atoms with Crippen LogP contribution in [0.1, 0.15) is 136 Å². The van der Waals surface area contributed by atoms with E-state index in [1.807, 2.05) is 0 Å². The fourth-order valence-electron chi connectivity index (χ4n) is 11.2. The second-order valence-electron chi connectivity index (χ2n) is 24.2. The molecule has 0 atom stereocenters. The first-order valence-corrected chi connectivity index (χ1v) is 24.5. The Hall–Kier alpha value is -5.80. The molecule has 0 N–H and O–H groups in total. The average molecular weight is 865 g/mol. The van der Waals surface area contributed by atoms with Gasteiger partial charge in [-0.15, -0.1) is 0 Å². The lowest BCUT2D eigenvalue weighted by Crippen LogP contribution is -2.62. The summed E-state index contributed by atoms with van der Waals surface area (Å²) in [5.41, 5.74) is 24.9. The molecule has 0 unspecified atom stereocenters. The summed E-state index contributed by atoms with van der Waals surface area (Å²) in [6.07, 6.45) is 2.33. The monoisotopic (exact) mass is 865 g/mol. The summed E-state index contributed by atoms with van der Waals surface area (Å²) in [5, 5.41) is 0. The van der Waals surface area contributed by atoms with Crippen LogP contribution in [0.3, 0.4) is 0 Å². The molecule has 334 valence electrons. The number of benzene rings is 7. The van der Waals surface area contributed by atoms with Crippen molar-refractivity contribution in [3.63, 3.8) is 0 Å². The van der Waals surface area contributed by atoms with Gasteiger partial charge in [-0.25, -0.2) is 0 Å². The molecule has 2 heterocycles. The van der Waals surface area contributed by atoms with Crippen LogP contribution in [0.2, 0.25) is 0 Å². The van der Waals surface area contributed by atoms with Crippen molar-refractivity contribution in [3.05, 3.63) is 173 Å². The Labute approximate surface area is 397 Å². The largest absolute Gasteiger partial charge is 0.311 e. The first-order chi connectivity index (χ1) is 31.0.